The van der Waals surface area contributed by atoms with Crippen molar-refractivity contribution in [1.82, 2.24) is 4.90 Å². The SMILES string of the molecule is O=C(CBr)N1Cc2ccccc2CC1Cc1ccccc1. The van der Waals surface area contributed by atoms with Gasteiger partial charge in [-0.05, 0) is 29.5 Å². The van der Waals surface area contributed by atoms with Gasteiger partial charge in [-0.25, -0.2) is 0 Å². The molecule has 2 nitrogen and oxygen atoms in total. The first-order valence-electron chi connectivity index (χ1n) is 7.24. The van der Waals surface area contributed by atoms with Gasteiger partial charge in [0.1, 0.15) is 0 Å². The Balaban J connectivity index is 1.87. The number of rotatable bonds is 3. The fraction of sp³-hybridized carbons (Fsp3) is 0.278. The lowest BCUT2D eigenvalue weighted by Gasteiger charge is -2.37. The molecule has 1 heterocycles. The van der Waals surface area contributed by atoms with Crippen LogP contribution in [0.2, 0.25) is 0 Å². The monoisotopic (exact) mass is 343 g/mol. The number of fused-ring (bicyclic) bond motifs is 1. The smallest absolute Gasteiger partial charge is 0.233 e. The van der Waals surface area contributed by atoms with E-state index in [9.17, 15) is 4.79 Å². The summed E-state index contributed by atoms with van der Waals surface area (Å²) < 4.78 is 0. The van der Waals surface area contributed by atoms with Crippen LogP contribution in [0.4, 0.5) is 0 Å². The quantitative estimate of drug-likeness (QED) is 0.780. The van der Waals surface area contributed by atoms with E-state index in [1.54, 1.807) is 0 Å². The molecule has 1 unspecified atom stereocenters. The maximum absolute atomic E-state index is 12.3. The van der Waals surface area contributed by atoms with Gasteiger partial charge in [-0.3, -0.25) is 4.79 Å². The molecule has 0 N–H and O–H groups in total. The molecular weight excluding hydrogens is 326 g/mol. The van der Waals surface area contributed by atoms with Crippen molar-refractivity contribution in [2.24, 2.45) is 0 Å². The molecule has 0 saturated carbocycles. The highest BCUT2D eigenvalue weighted by Crippen LogP contribution is 2.25. The van der Waals surface area contributed by atoms with Crippen LogP contribution in [-0.4, -0.2) is 22.2 Å². The lowest BCUT2D eigenvalue weighted by atomic mass is 9.90. The average molecular weight is 344 g/mol. The van der Waals surface area contributed by atoms with Gasteiger partial charge >= 0.3 is 0 Å². The van der Waals surface area contributed by atoms with Gasteiger partial charge < -0.3 is 4.90 Å². The van der Waals surface area contributed by atoms with Gasteiger partial charge in [0.05, 0.1) is 5.33 Å². The largest absolute Gasteiger partial charge is 0.334 e. The summed E-state index contributed by atoms with van der Waals surface area (Å²) in [5.41, 5.74) is 3.93. The molecule has 1 atom stereocenters. The number of carbonyl (C=O) groups excluding carboxylic acids is 1. The highest BCUT2D eigenvalue weighted by atomic mass is 79.9. The van der Waals surface area contributed by atoms with Crippen LogP contribution < -0.4 is 0 Å². The number of amides is 1. The Morgan fingerprint density at radius 1 is 1.05 bits per heavy atom. The van der Waals surface area contributed by atoms with E-state index in [1.807, 2.05) is 17.0 Å². The normalized spacial score (nSPS) is 17.4. The Hall–Kier alpha value is -1.61. The summed E-state index contributed by atoms with van der Waals surface area (Å²) in [6, 6.07) is 19.1. The van der Waals surface area contributed by atoms with Crippen LogP contribution in [0.25, 0.3) is 0 Å². The number of halogens is 1. The van der Waals surface area contributed by atoms with Gasteiger partial charge in [0, 0.05) is 12.6 Å². The van der Waals surface area contributed by atoms with Crippen molar-refractivity contribution in [3.63, 3.8) is 0 Å². The minimum absolute atomic E-state index is 0.172. The number of carbonyl (C=O) groups is 1. The van der Waals surface area contributed by atoms with Crippen LogP contribution >= 0.6 is 15.9 Å². The molecule has 2 aromatic rings. The summed E-state index contributed by atoms with van der Waals surface area (Å²) in [4.78, 5) is 14.3. The number of hydrogen-bond acceptors (Lipinski definition) is 1. The first kappa shape index (κ1) is 14.3. The maximum atomic E-state index is 12.3. The zero-order chi connectivity index (χ0) is 14.7. The third-order valence-corrected chi connectivity index (χ3v) is 4.58. The third-order valence-electron chi connectivity index (χ3n) is 4.10. The van der Waals surface area contributed by atoms with Crippen molar-refractivity contribution < 1.29 is 4.79 Å². The average Bonchev–Trinajstić information content (AvgIpc) is 2.54. The van der Waals surface area contributed by atoms with Crippen molar-refractivity contribution in [1.29, 1.82) is 0 Å². The molecule has 0 radical (unpaired) electrons. The van der Waals surface area contributed by atoms with Crippen LogP contribution in [0.3, 0.4) is 0 Å². The van der Waals surface area contributed by atoms with Crippen LogP contribution in [0.1, 0.15) is 16.7 Å². The fourth-order valence-electron chi connectivity index (χ4n) is 3.02. The Morgan fingerprint density at radius 2 is 1.71 bits per heavy atom. The molecule has 108 valence electrons. The van der Waals surface area contributed by atoms with E-state index in [1.165, 1.54) is 16.7 Å². The zero-order valence-electron chi connectivity index (χ0n) is 11.8. The van der Waals surface area contributed by atoms with Crippen LogP contribution in [0, 0.1) is 0 Å². The molecule has 0 aliphatic carbocycles. The van der Waals surface area contributed by atoms with Crippen LogP contribution in [0.15, 0.2) is 54.6 Å². The van der Waals surface area contributed by atoms with Gasteiger partial charge in [0.15, 0.2) is 0 Å². The van der Waals surface area contributed by atoms with E-state index in [0.717, 1.165) is 19.4 Å². The predicted octanol–water partition coefficient (Wildman–Crippen LogP) is 3.58. The number of nitrogens with zero attached hydrogens (tertiary/aromatic N) is 1. The molecule has 2 aromatic carbocycles. The first-order valence-corrected chi connectivity index (χ1v) is 8.36. The van der Waals surface area contributed by atoms with Crippen LogP contribution in [-0.2, 0) is 24.2 Å². The standard InChI is InChI=1S/C18H18BrNO/c19-12-18(21)20-13-16-9-5-4-8-15(16)11-17(20)10-14-6-2-1-3-7-14/h1-9,17H,10-13H2. The molecule has 1 aliphatic heterocycles. The first-order chi connectivity index (χ1) is 10.3. The van der Waals surface area contributed by atoms with E-state index in [2.05, 4.69) is 58.4 Å². The molecule has 0 saturated heterocycles. The molecule has 0 aromatic heterocycles. The fourth-order valence-corrected chi connectivity index (χ4v) is 3.35. The Labute approximate surface area is 133 Å². The second-order valence-electron chi connectivity index (χ2n) is 5.47. The Kier molecular flexibility index (Phi) is 4.39. The Bertz CT molecular complexity index is 626. The van der Waals surface area contributed by atoms with Gasteiger partial charge in [-0.2, -0.15) is 0 Å². The lowest BCUT2D eigenvalue weighted by Crippen LogP contribution is -2.46. The summed E-state index contributed by atoms with van der Waals surface area (Å²) in [7, 11) is 0. The highest BCUT2D eigenvalue weighted by Gasteiger charge is 2.28. The summed E-state index contributed by atoms with van der Waals surface area (Å²) in [6.45, 7) is 0.720. The van der Waals surface area contributed by atoms with Crippen molar-refractivity contribution in [2.45, 2.75) is 25.4 Å². The molecule has 3 heteroatoms. The topological polar surface area (TPSA) is 20.3 Å². The number of benzene rings is 2. The molecule has 3 rings (SSSR count). The highest BCUT2D eigenvalue weighted by molar-refractivity contribution is 9.09. The molecule has 21 heavy (non-hydrogen) atoms. The second-order valence-corrected chi connectivity index (χ2v) is 6.03. The minimum Gasteiger partial charge on any atom is -0.334 e. The van der Waals surface area contributed by atoms with E-state index in [-0.39, 0.29) is 11.9 Å². The molecule has 0 fully saturated rings. The number of alkyl halides is 1. The molecule has 1 amide bonds. The van der Waals surface area contributed by atoms with Gasteiger partial charge in [0.25, 0.3) is 0 Å². The third kappa shape index (κ3) is 3.18. The summed E-state index contributed by atoms with van der Waals surface area (Å²) in [5, 5.41) is 0.389. The molecule has 0 spiro atoms. The van der Waals surface area contributed by atoms with Crippen LogP contribution in [0.5, 0.6) is 0 Å². The predicted molar refractivity (Wildman–Crippen MR) is 88.4 cm³/mol. The van der Waals surface area contributed by atoms with E-state index < -0.39 is 0 Å². The van der Waals surface area contributed by atoms with Gasteiger partial charge in [-0.15, -0.1) is 0 Å². The molecule has 0 bridgehead atoms. The van der Waals surface area contributed by atoms with E-state index in [0.29, 0.717) is 5.33 Å². The summed E-state index contributed by atoms with van der Waals surface area (Å²) in [5.74, 6) is 0.172. The van der Waals surface area contributed by atoms with Crippen molar-refractivity contribution >= 4 is 21.8 Å². The van der Waals surface area contributed by atoms with Crippen molar-refractivity contribution in [2.75, 3.05) is 5.33 Å². The van der Waals surface area contributed by atoms with E-state index in [4.69, 9.17) is 0 Å². The van der Waals surface area contributed by atoms with Crippen molar-refractivity contribution in [3.05, 3.63) is 71.3 Å². The summed E-state index contributed by atoms with van der Waals surface area (Å²) >= 11 is 3.31. The zero-order valence-corrected chi connectivity index (χ0v) is 13.4. The molecule has 1 aliphatic rings. The number of hydrogen-bond donors (Lipinski definition) is 0. The van der Waals surface area contributed by atoms with Crippen molar-refractivity contribution in [3.8, 4) is 0 Å². The van der Waals surface area contributed by atoms with Gasteiger partial charge in [0.2, 0.25) is 5.91 Å². The van der Waals surface area contributed by atoms with E-state index >= 15 is 0 Å². The maximum Gasteiger partial charge on any atom is 0.233 e. The summed E-state index contributed by atoms with van der Waals surface area (Å²) in [6.07, 6.45) is 1.84. The minimum atomic E-state index is 0.172. The van der Waals surface area contributed by atoms with Gasteiger partial charge in [-0.1, -0.05) is 70.5 Å². The Morgan fingerprint density at radius 3 is 2.43 bits per heavy atom. The second kappa shape index (κ2) is 6.44. The molecular formula is C18H18BrNO. The lowest BCUT2D eigenvalue weighted by molar-refractivity contribution is -0.131.